The first-order valence-corrected chi connectivity index (χ1v) is 8.62. The summed E-state index contributed by atoms with van der Waals surface area (Å²) in [6.07, 6.45) is 4.29. The standard InChI is InChI=1S/C18H19N2.Ga/c1-4-5-14-10-15(7-6-13(14)2)16-8-9-18-17(11-16)12-19-20(18)3;/h6,8-12H,4-5H2,1-3H3;. The third-order valence-corrected chi connectivity index (χ3v) is 5.09. The summed E-state index contributed by atoms with van der Waals surface area (Å²) >= 11 is 1.69. The first kappa shape index (κ1) is 14.5. The molecule has 0 aliphatic heterocycles. The molecular weight excluding hydrogens is 314 g/mol. The van der Waals surface area contributed by atoms with Crippen molar-refractivity contribution in [2.45, 2.75) is 26.7 Å². The first-order valence-electron chi connectivity index (χ1n) is 7.41. The fourth-order valence-electron chi connectivity index (χ4n) is 2.89. The van der Waals surface area contributed by atoms with Crippen molar-refractivity contribution in [1.29, 1.82) is 0 Å². The van der Waals surface area contributed by atoms with Gasteiger partial charge in [0.2, 0.25) is 0 Å². The van der Waals surface area contributed by atoms with Gasteiger partial charge in [0.05, 0.1) is 0 Å². The van der Waals surface area contributed by atoms with Gasteiger partial charge in [0.1, 0.15) is 0 Å². The van der Waals surface area contributed by atoms with Gasteiger partial charge >= 0.3 is 136 Å². The number of fused-ring (bicyclic) bond motifs is 1. The number of aryl methyl sites for hydroxylation is 3. The van der Waals surface area contributed by atoms with Crippen LogP contribution in [0.5, 0.6) is 0 Å². The second-order valence-corrected chi connectivity index (χ2v) is 6.96. The van der Waals surface area contributed by atoms with Crippen molar-refractivity contribution in [2.75, 3.05) is 0 Å². The molecule has 1 heterocycles. The molecule has 0 atom stereocenters. The molecule has 104 valence electrons. The van der Waals surface area contributed by atoms with E-state index in [1.54, 1.807) is 18.6 Å². The van der Waals surface area contributed by atoms with Crippen LogP contribution in [-0.4, -0.2) is 28.4 Å². The SMILES string of the molecule is CCCc1cc(-c2ccc3c(cnn3C)c2)[c]([Ga])cc1C. The second-order valence-electron chi connectivity index (χ2n) is 5.66. The summed E-state index contributed by atoms with van der Waals surface area (Å²) in [7, 11) is 1.99. The van der Waals surface area contributed by atoms with Crippen molar-refractivity contribution < 1.29 is 0 Å². The maximum atomic E-state index is 4.33. The number of nitrogens with zero attached hydrogens (tertiary/aromatic N) is 2. The summed E-state index contributed by atoms with van der Waals surface area (Å²) in [5.41, 5.74) is 6.74. The summed E-state index contributed by atoms with van der Waals surface area (Å²) < 4.78 is 3.33. The van der Waals surface area contributed by atoms with E-state index in [1.165, 1.54) is 43.7 Å². The Morgan fingerprint density at radius 1 is 1.19 bits per heavy atom. The Bertz CT molecular complexity index is 802. The van der Waals surface area contributed by atoms with Crippen molar-refractivity contribution in [3.05, 3.63) is 47.7 Å². The Morgan fingerprint density at radius 2 is 2.00 bits per heavy atom. The van der Waals surface area contributed by atoms with Gasteiger partial charge in [-0.1, -0.05) is 0 Å². The van der Waals surface area contributed by atoms with Gasteiger partial charge in [-0.15, -0.1) is 0 Å². The molecule has 0 bridgehead atoms. The number of hydrogen-bond donors (Lipinski definition) is 0. The Hall–Kier alpha value is -1.45. The van der Waals surface area contributed by atoms with Crippen LogP contribution in [0.3, 0.4) is 0 Å². The van der Waals surface area contributed by atoms with E-state index in [0.29, 0.717) is 0 Å². The minimum absolute atomic E-state index is 1.15. The van der Waals surface area contributed by atoms with Crippen molar-refractivity contribution in [2.24, 2.45) is 7.05 Å². The normalized spacial score (nSPS) is 11.2. The molecule has 3 aromatic rings. The predicted molar refractivity (Wildman–Crippen MR) is 90.3 cm³/mol. The van der Waals surface area contributed by atoms with Crippen LogP contribution in [0.4, 0.5) is 0 Å². The second kappa shape index (κ2) is 5.74. The van der Waals surface area contributed by atoms with Crippen LogP contribution in [0, 0.1) is 6.92 Å². The van der Waals surface area contributed by atoms with Gasteiger partial charge in [-0.2, -0.15) is 0 Å². The number of rotatable bonds is 3. The fourth-order valence-corrected chi connectivity index (χ4v) is 3.94. The van der Waals surface area contributed by atoms with E-state index in [0.717, 1.165) is 6.42 Å². The molecule has 0 saturated carbocycles. The van der Waals surface area contributed by atoms with E-state index in [9.17, 15) is 0 Å². The summed E-state index contributed by atoms with van der Waals surface area (Å²) in [5.74, 6) is 0. The summed E-state index contributed by atoms with van der Waals surface area (Å²) in [6.45, 7) is 4.47. The van der Waals surface area contributed by atoms with E-state index >= 15 is 0 Å². The average molecular weight is 333 g/mol. The number of hydrogen-bond acceptors (Lipinski definition) is 1. The van der Waals surface area contributed by atoms with Crippen molar-refractivity contribution in [3.63, 3.8) is 0 Å². The van der Waals surface area contributed by atoms with Crippen LogP contribution in [0.2, 0.25) is 0 Å². The first-order chi connectivity index (χ1) is 10.1. The molecule has 1 aromatic heterocycles. The zero-order valence-electron chi connectivity index (χ0n) is 12.9. The molecule has 0 aliphatic rings. The zero-order chi connectivity index (χ0) is 15.0. The van der Waals surface area contributed by atoms with Crippen LogP contribution in [0.1, 0.15) is 24.5 Å². The van der Waals surface area contributed by atoms with Gasteiger partial charge in [0.25, 0.3) is 0 Å². The molecular formula is C18H19GaN2. The molecule has 2 radical (unpaired) electrons. The molecule has 0 spiro atoms. The van der Waals surface area contributed by atoms with Gasteiger partial charge in [0.15, 0.2) is 0 Å². The van der Waals surface area contributed by atoms with Crippen molar-refractivity contribution in [3.8, 4) is 11.1 Å². The van der Waals surface area contributed by atoms with Crippen LogP contribution in [-0.2, 0) is 13.5 Å². The van der Waals surface area contributed by atoms with Gasteiger partial charge < -0.3 is 0 Å². The molecule has 0 aliphatic carbocycles. The average Bonchev–Trinajstić information content (AvgIpc) is 2.83. The molecule has 0 saturated heterocycles. The number of benzene rings is 2. The van der Waals surface area contributed by atoms with E-state index in [1.807, 2.05) is 17.9 Å². The van der Waals surface area contributed by atoms with E-state index < -0.39 is 0 Å². The third-order valence-electron chi connectivity index (χ3n) is 4.08. The van der Waals surface area contributed by atoms with E-state index in [2.05, 4.69) is 49.3 Å². The van der Waals surface area contributed by atoms with Crippen LogP contribution in [0.15, 0.2) is 36.5 Å². The maximum absolute atomic E-state index is 4.33. The van der Waals surface area contributed by atoms with Gasteiger partial charge in [0, 0.05) is 0 Å². The molecule has 0 N–H and O–H groups in total. The monoisotopic (exact) mass is 332 g/mol. The number of aromatic nitrogens is 2. The third kappa shape index (κ3) is 2.68. The molecule has 3 heteroatoms. The van der Waals surface area contributed by atoms with Gasteiger partial charge in [-0.3, -0.25) is 0 Å². The quantitative estimate of drug-likeness (QED) is 0.673. The molecule has 0 amide bonds. The van der Waals surface area contributed by atoms with Crippen LogP contribution in [0.25, 0.3) is 22.0 Å². The minimum atomic E-state index is 1.15. The predicted octanol–water partition coefficient (Wildman–Crippen LogP) is 3.30. The van der Waals surface area contributed by atoms with Crippen molar-refractivity contribution >= 4 is 33.6 Å². The van der Waals surface area contributed by atoms with Crippen LogP contribution < -0.4 is 4.12 Å². The zero-order valence-corrected chi connectivity index (χ0v) is 15.3. The van der Waals surface area contributed by atoms with E-state index in [4.69, 9.17) is 0 Å². The van der Waals surface area contributed by atoms with Gasteiger partial charge in [-0.25, -0.2) is 0 Å². The Labute approximate surface area is 136 Å². The molecule has 0 fully saturated rings. The molecule has 2 nitrogen and oxygen atoms in total. The van der Waals surface area contributed by atoms with Gasteiger partial charge in [-0.05, 0) is 0 Å². The summed E-state index contributed by atoms with van der Waals surface area (Å²) in [5, 5.41) is 5.54. The topological polar surface area (TPSA) is 17.8 Å². The Kier molecular flexibility index (Phi) is 3.96. The summed E-state index contributed by atoms with van der Waals surface area (Å²) in [6, 6.07) is 11.4. The Balaban J connectivity index is 2.14. The molecule has 2 aromatic carbocycles. The summed E-state index contributed by atoms with van der Waals surface area (Å²) in [4.78, 5) is 0. The van der Waals surface area contributed by atoms with E-state index in [-0.39, 0.29) is 0 Å². The molecule has 21 heavy (non-hydrogen) atoms. The fraction of sp³-hybridized carbons (Fsp3) is 0.278. The Morgan fingerprint density at radius 3 is 2.76 bits per heavy atom. The van der Waals surface area contributed by atoms with Crippen molar-refractivity contribution in [1.82, 2.24) is 9.78 Å². The van der Waals surface area contributed by atoms with Crippen LogP contribution >= 0.6 is 0 Å². The molecule has 0 unspecified atom stereocenters. The molecule has 3 rings (SSSR count).